The number of hydrogen-bond acceptors (Lipinski definition) is 3. The van der Waals surface area contributed by atoms with Crippen LogP contribution in [-0.4, -0.2) is 28.8 Å². The molecule has 0 aliphatic carbocycles. The number of hydrogen-bond donors (Lipinski definition) is 2. The van der Waals surface area contributed by atoms with Gasteiger partial charge in [-0.1, -0.05) is 18.2 Å². The van der Waals surface area contributed by atoms with Crippen LogP contribution in [0.5, 0.6) is 0 Å². The predicted octanol–water partition coefficient (Wildman–Crippen LogP) is 1.42. The Kier molecular flexibility index (Phi) is 2.38. The van der Waals surface area contributed by atoms with Gasteiger partial charge in [0.25, 0.3) is 0 Å². The maximum absolute atomic E-state index is 10.2. The second-order valence-corrected chi connectivity index (χ2v) is 4.94. The van der Waals surface area contributed by atoms with Gasteiger partial charge in [-0.25, -0.2) is 0 Å². The average Bonchev–Trinajstić information content (AvgIpc) is 2.26. The summed E-state index contributed by atoms with van der Waals surface area (Å²) < 4.78 is 0. The Balaban J connectivity index is 2.08. The van der Waals surface area contributed by atoms with Crippen LogP contribution in [0.25, 0.3) is 10.9 Å². The number of nitrogens with one attached hydrogen (secondary N) is 1. The first kappa shape index (κ1) is 10.7. The van der Waals surface area contributed by atoms with E-state index in [1.807, 2.05) is 25.1 Å². The van der Waals surface area contributed by atoms with Crippen LogP contribution >= 0.6 is 0 Å². The molecule has 1 aromatic carbocycles. The van der Waals surface area contributed by atoms with Gasteiger partial charge in [-0.3, -0.25) is 4.98 Å². The van der Waals surface area contributed by atoms with Gasteiger partial charge in [0.1, 0.15) is 0 Å². The molecule has 1 aliphatic heterocycles. The third-order valence-corrected chi connectivity index (χ3v) is 3.36. The van der Waals surface area contributed by atoms with Crippen molar-refractivity contribution in [3.8, 4) is 0 Å². The first-order valence-corrected chi connectivity index (χ1v) is 5.95. The van der Waals surface area contributed by atoms with Crippen LogP contribution in [-0.2, 0) is 6.42 Å². The molecule has 88 valence electrons. The lowest BCUT2D eigenvalue weighted by Gasteiger charge is -2.38. The lowest BCUT2D eigenvalue weighted by atomic mass is 9.87. The zero-order valence-electron chi connectivity index (χ0n) is 9.90. The number of fused-ring (bicyclic) bond motifs is 1. The average molecular weight is 228 g/mol. The Morgan fingerprint density at radius 1 is 1.35 bits per heavy atom. The highest BCUT2D eigenvalue weighted by molar-refractivity contribution is 5.82. The molecule has 1 fully saturated rings. The summed E-state index contributed by atoms with van der Waals surface area (Å²) in [7, 11) is 0. The summed E-state index contributed by atoms with van der Waals surface area (Å²) in [5, 5.41) is 14.5. The molecule has 3 rings (SSSR count). The van der Waals surface area contributed by atoms with Gasteiger partial charge in [-0.2, -0.15) is 0 Å². The Labute approximate surface area is 100 Å². The molecule has 2 N–H and O–H groups in total. The number of aromatic nitrogens is 1. The zero-order valence-corrected chi connectivity index (χ0v) is 9.90. The lowest BCUT2D eigenvalue weighted by molar-refractivity contribution is -0.00876. The highest BCUT2D eigenvalue weighted by atomic mass is 16.3. The molecule has 0 atom stereocenters. The smallest absolute Gasteiger partial charge is 0.0935 e. The maximum Gasteiger partial charge on any atom is 0.0935 e. The Morgan fingerprint density at radius 2 is 2.12 bits per heavy atom. The monoisotopic (exact) mass is 228 g/mol. The Hall–Kier alpha value is -1.45. The van der Waals surface area contributed by atoms with Crippen LogP contribution in [0, 0.1) is 6.92 Å². The van der Waals surface area contributed by atoms with E-state index in [1.54, 1.807) is 0 Å². The molecule has 17 heavy (non-hydrogen) atoms. The van der Waals surface area contributed by atoms with Crippen LogP contribution in [0.2, 0.25) is 0 Å². The molecule has 0 spiro atoms. The summed E-state index contributed by atoms with van der Waals surface area (Å²) in [6, 6.07) is 10.2. The number of aliphatic hydroxyl groups is 1. The summed E-state index contributed by atoms with van der Waals surface area (Å²) in [6.45, 7) is 3.37. The molecule has 2 heterocycles. The SMILES string of the molecule is Cc1cc(CC2(O)CNC2)c2ccccc2n1. The van der Waals surface area contributed by atoms with Crippen LogP contribution in [0.15, 0.2) is 30.3 Å². The minimum absolute atomic E-state index is 0.573. The summed E-state index contributed by atoms with van der Waals surface area (Å²) in [5.41, 5.74) is 2.64. The van der Waals surface area contributed by atoms with E-state index in [0.717, 1.165) is 16.6 Å². The molecule has 0 bridgehead atoms. The topological polar surface area (TPSA) is 45.1 Å². The van der Waals surface area contributed by atoms with Crippen molar-refractivity contribution >= 4 is 10.9 Å². The van der Waals surface area contributed by atoms with Crippen LogP contribution in [0.3, 0.4) is 0 Å². The number of β-amino-alcohol motifs (C(OH)–C–C–N with tert-alkyl or cyclic N) is 1. The maximum atomic E-state index is 10.2. The number of aryl methyl sites for hydroxylation is 1. The Morgan fingerprint density at radius 3 is 2.82 bits per heavy atom. The number of nitrogens with zero attached hydrogens (tertiary/aromatic N) is 1. The van der Waals surface area contributed by atoms with Gasteiger partial charge >= 0.3 is 0 Å². The minimum Gasteiger partial charge on any atom is -0.387 e. The van der Waals surface area contributed by atoms with Gasteiger partial charge in [0.2, 0.25) is 0 Å². The number of para-hydroxylation sites is 1. The molecular weight excluding hydrogens is 212 g/mol. The van der Waals surface area contributed by atoms with Gasteiger partial charge in [0, 0.05) is 30.6 Å². The second kappa shape index (κ2) is 3.79. The van der Waals surface area contributed by atoms with Gasteiger partial charge in [-0.05, 0) is 24.6 Å². The molecule has 0 unspecified atom stereocenters. The Bertz CT molecular complexity index is 561. The van der Waals surface area contributed by atoms with Crippen molar-refractivity contribution in [3.05, 3.63) is 41.6 Å². The molecule has 3 nitrogen and oxygen atoms in total. The van der Waals surface area contributed by atoms with Crippen molar-refractivity contribution in [2.24, 2.45) is 0 Å². The third-order valence-electron chi connectivity index (χ3n) is 3.36. The van der Waals surface area contributed by atoms with E-state index in [4.69, 9.17) is 0 Å². The van der Waals surface area contributed by atoms with E-state index < -0.39 is 5.60 Å². The van der Waals surface area contributed by atoms with E-state index in [9.17, 15) is 5.11 Å². The van der Waals surface area contributed by atoms with E-state index in [0.29, 0.717) is 19.5 Å². The highest BCUT2D eigenvalue weighted by Gasteiger charge is 2.34. The molecular formula is C14H16N2O. The second-order valence-electron chi connectivity index (χ2n) is 4.94. The fourth-order valence-corrected chi connectivity index (χ4v) is 2.43. The fraction of sp³-hybridized carbons (Fsp3) is 0.357. The van der Waals surface area contributed by atoms with Crippen molar-refractivity contribution < 1.29 is 5.11 Å². The van der Waals surface area contributed by atoms with Gasteiger partial charge in [-0.15, -0.1) is 0 Å². The van der Waals surface area contributed by atoms with Crippen LogP contribution in [0.4, 0.5) is 0 Å². The van der Waals surface area contributed by atoms with Crippen LogP contribution < -0.4 is 5.32 Å². The van der Waals surface area contributed by atoms with Crippen molar-refractivity contribution in [1.29, 1.82) is 0 Å². The van der Waals surface area contributed by atoms with Gasteiger partial charge < -0.3 is 10.4 Å². The molecule has 0 radical (unpaired) electrons. The van der Waals surface area contributed by atoms with E-state index in [2.05, 4.69) is 22.4 Å². The summed E-state index contributed by atoms with van der Waals surface area (Å²) >= 11 is 0. The number of rotatable bonds is 2. The third kappa shape index (κ3) is 1.92. The van der Waals surface area contributed by atoms with E-state index >= 15 is 0 Å². The lowest BCUT2D eigenvalue weighted by Crippen LogP contribution is -2.60. The van der Waals surface area contributed by atoms with Crippen molar-refractivity contribution in [2.75, 3.05) is 13.1 Å². The minimum atomic E-state index is -0.573. The highest BCUT2D eigenvalue weighted by Crippen LogP contribution is 2.24. The quantitative estimate of drug-likeness (QED) is 0.817. The summed E-state index contributed by atoms with van der Waals surface area (Å²) in [5.74, 6) is 0. The first-order valence-electron chi connectivity index (χ1n) is 5.95. The van der Waals surface area contributed by atoms with Gasteiger partial charge in [0.05, 0.1) is 11.1 Å². The van der Waals surface area contributed by atoms with E-state index in [1.165, 1.54) is 5.56 Å². The molecule has 2 aromatic rings. The largest absolute Gasteiger partial charge is 0.387 e. The molecule has 3 heteroatoms. The summed E-state index contributed by atoms with van der Waals surface area (Å²) in [6.07, 6.45) is 0.698. The standard InChI is InChI=1S/C14H16N2O/c1-10-6-11(7-14(17)8-15-9-14)12-4-2-3-5-13(12)16-10/h2-6,15,17H,7-9H2,1H3. The normalized spacial score (nSPS) is 18.0. The fourth-order valence-electron chi connectivity index (χ4n) is 2.43. The molecule has 1 saturated heterocycles. The van der Waals surface area contributed by atoms with Crippen molar-refractivity contribution in [3.63, 3.8) is 0 Å². The molecule has 0 saturated carbocycles. The molecule has 1 aromatic heterocycles. The first-order chi connectivity index (χ1) is 8.16. The van der Waals surface area contributed by atoms with Crippen molar-refractivity contribution in [2.45, 2.75) is 18.9 Å². The van der Waals surface area contributed by atoms with E-state index in [-0.39, 0.29) is 0 Å². The van der Waals surface area contributed by atoms with Crippen molar-refractivity contribution in [1.82, 2.24) is 10.3 Å². The molecule has 1 aliphatic rings. The number of benzene rings is 1. The van der Waals surface area contributed by atoms with Crippen LogP contribution in [0.1, 0.15) is 11.3 Å². The number of pyridine rings is 1. The zero-order chi connectivity index (χ0) is 11.9. The predicted molar refractivity (Wildman–Crippen MR) is 68.0 cm³/mol. The van der Waals surface area contributed by atoms with Gasteiger partial charge in [0.15, 0.2) is 0 Å². The molecule has 0 amide bonds. The summed E-state index contributed by atoms with van der Waals surface area (Å²) in [4.78, 5) is 4.51.